The van der Waals surface area contributed by atoms with E-state index in [0.717, 1.165) is 30.7 Å². The number of aromatic nitrogens is 2. The number of fused-ring (bicyclic) bond motifs is 1. The second kappa shape index (κ2) is 8.80. The van der Waals surface area contributed by atoms with Crippen molar-refractivity contribution in [3.63, 3.8) is 0 Å². The molecule has 2 fully saturated rings. The minimum absolute atomic E-state index is 0.00219. The summed E-state index contributed by atoms with van der Waals surface area (Å²) in [7, 11) is 0. The van der Waals surface area contributed by atoms with Crippen LogP contribution in [0.4, 0.5) is 5.69 Å². The van der Waals surface area contributed by atoms with Crippen molar-refractivity contribution in [1.82, 2.24) is 14.5 Å². The van der Waals surface area contributed by atoms with Gasteiger partial charge in [0, 0.05) is 18.8 Å². The lowest BCUT2D eigenvalue weighted by Gasteiger charge is -2.52. The lowest BCUT2D eigenvalue weighted by molar-refractivity contribution is -0.146. The molecule has 2 aliphatic heterocycles. The first-order valence-electron chi connectivity index (χ1n) is 10.3. The van der Waals surface area contributed by atoms with Crippen LogP contribution in [0.3, 0.4) is 0 Å². The molecule has 4 rings (SSSR count). The summed E-state index contributed by atoms with van der Waals surface area (Å²) in [4.78, 5) is 2.40. The molecule has 0 spiro atoms. The number of hydrogen-bond donors (Lipinski definition) is 3. The van der Waals surface area contributed by atoms with E-state index in [-0.39, 0.29) is 17.4 Å². The van der Waals surface area contributed by atoms with Gasteiger partial charge in [-0.3, -0.25) is 10.3 Å². The molecular weight excluding hydrogens is 366 g/mol. The SMILES string of the molecule is CC.CC1CCN(C2(CC#N)COC2)CC1Nc1c(C(=N)N)cnn2cccc12. The van der Waals surface area contributed by atoms with Crippen LogP contribution in [-0.4, -0.2) is 58.2 Å². The molecular formula is C21H31N7O. The van der Waals surface area contributed by atoms with E-state index in [4.69, 9.17) is 15.9 Å². The summed E-state index contributed by atoms with van der Waals surface area (Å²) in [6, 6.07) is 6.43. The topological polar surface area (TPSA) is 115 Å². The molecule has 0 aliphatic carbocycles. The minimum atomic E-state index is -0.152. The summed E-state index contributed by atoms with van der Waals surface area (Å²) in [5, 5.41) is 25.2. The zero-order valence-corrected chi connectivity index (χ0v) is 17.5. The highest BCUT2D eigenvalue weighted by molar-refractivity contribution is 6.03. The predicted octanol–water partition coefficient (Wildman–Crippen LogP) is 2.45. The number of hydrogen-bond acceptors (Lipinski definition) is 6. The number of rotatable bonds is 5. The van der Waals surface area contributed by atoms with Crippen molar-refractivity contribution in [1.29, 1.82) is 10.7 Å². The van der Waals surface area contributed by atoms with Crippen LogP contribution in [0.2, 0.25) is 0 Å². The Balaban J connectivity index is 0.00000117. The summed E-state index contributed by atoms with van der Waals surface area (Å²) in [5.41, 5.74) is 8.03. The number of amidine groups is 1. The molecule has 2 aromatic heterocycles. The Bertz CT molecular complexity index is 896. The highest BCUT2D eigenvalue weighted by atomic mass is 16.5. The van der Waals surface area contributed by atoms with E-state index in [1.807, 2.05) is 32.2 Å². The minimum Gasteiger partial charge on any atom is -0.384 e. The van der Waals surface area contributed by atoms with Crippen LogP contribution in [-0.2, 0) is 4.74 Å². The number of nitrogens with two attached hydrogens (primary N) is 1. The maximum absolute atomic E-state index is 9.25. The Labute approximate surface area is 172 Å². The standard InChI is InChI=1S/C19H25N7O.C2H6/c1-13-4-8-25(19(5-6-20)11-27-12-19)10-15(13)24-17-14(18(21)22)9-23-26-7-2-3-16(17)26;1-2/h2-3,7,9,13,15,24H,4-5,8,10-12H2,1H3,(H3,21,22);1-2H3. The highest BCUT2D eigenvalue weighted by Gasteiger charge is 2.46. The number of nitrogens with one attached hydrogen (secondary N) is 2. The molecule has 4 N–H and O–H groups in total. The first-order chi connectivity index (χ1) is 14.0. The smallest absolute Gasteiger partial charge is 0.126 e. The Hall–Kier alpha value is -2.63. The molecule has 29 heavy (non-hydrogen) atoms. The molecule has 0 radical (unpaired) electrons. The van der Waals surface area contributed by atoms with E-state index in [9.17, 15) is 5.26 Å². The number of nitriles is 1. The molecule has 2 aliphatic rings. The van der Waals surface area contributed by atoms with Crippen molar-refractivity contribution in [3.05, 3.63) is 30.1 Å². The molecule has 2 saturated heterocycles. The number of likely N-dealkylation sites (tertiary alicyclic amines) is 1. The molecule has 2 unspecified atom stereocenters. The van der Waals surface area contributed by atoms with Gasteiger partial charge >= 0.3 is 0 Å². The van der Waals surface area contributed by atoms with Crippen LogP contribution in [0, 0.1) is 22.7 Å². The second-order valence-corrected chi connectivity index (χ2v) is 7.70. The lowest BCUT2D eigenvalue weighted by Crippen LogP contribution is -2.66. The average molecular weight is 398 g/mol. The van der Waals surface area contributed by atoms with Crippen LogP contribution in [0.1, 0.15) is 39.2 Å². The van der Waals surface area contributed by atoms with Crippen molar-refractivity contribution < 1.29 is 4.74 Å². The fourth-order valence-electron chi connectivity index (χ4n) is 4.10. The number of piperidine rings is 1. The summed E-state index contributed by atoms with van der Waals surface area (Å²) >= 11 is 0. The Morgan fingerprint density at radius 2 is 2.24 bits per heavy atom. The van der Waals surface area contributed by atoms with Crippen LogP contribution in [0.15, 0.2) is 24.5 Å². The van der Waals surface area contributed by atoms with Gasteiger partial charge in [0.05, 0.1) is 54.2 Å². The van der Waals surface area contributed by atoms with Crippen molar-refractivity contribution in [2.24, 2.45) is 11.7 Å². The van der Waals surface area contributed by atoms with Crippen molar-refractivity contribution in [3.8, 4) is 6.07 Å². The zero-order chi connectivity index (χ0) is 21.0. The first-order valence-corrected chi connectivity index (χ1v) is 10.3. The van der Waals surface area contributed by atoms with Crippen LogP contribution < -0.4 is 11.1 Å². The third-order valence-corrected chi connectivity index (χ3v) is 5.96. The summed E-state index contributed by atoms with van der Waals surface area (Å²) in [5.74, 6) is 0.465. The van der Waals surface area contributed by atoms with Crippen LogP contribution >= 0.6 is 0 Å². The van der Waals surface area contributed by atoms with E-state index in [0.29, 0.717) is 31.1 Å². The fourth-order valence-corrected chi connectivity index (χ4v) is 4.10. The van der Waals surface area contributed by atoms with Crippen molar-refractivity contribution >= 4 is 17.0 Å². The van der Waals surface area contributed by atoms with Gasteiger partial charge in [0.25, 0.3) is 0 Å². The van der Waals surface area contributed by atoms with Gasteiger partial charge in [-0.1, -0.05) is 20.8 Å². The van der Waals surface area contributed by atoms with Crippen molar-refractivity contribution in [2.75, 3.05) is 31.6 Å². The van der Waals surface area contributed by atoms with Gasteiger partial charge in [-0.25, -0.2) is 4.52 Å². The third-order valence-electron chi connectivity index (χ3n) is 5.96. The summed E-state index contributed by atoms with van der Waals surface area (Å²) in [6.07, 6.45) is 5.06. The molecule has 8 heteroatoms. The molecule has 0 saturated carbocycles. The third kappa shape index (κ3) is 3.93. The molecule has 0 bridgehead atoms. The number of nitrogens with zero attached hydrogens (tertiary/aromatic N) is 4. The molecule has 4 heterocycles. The summed E-state index contributed by atoms with van der Waals surface area (Å²) in [6.45, 7) is 9.30. The fraction of sp³-hybridized carbons (Fsp3) is 0.571. The van der Waals surface area contributed by atoms with Gasteiger partial charge in [-0.05, 0) is 31.0 Å². The predicted molar refractivity (Wildman–Crippen MR) is 114 cm³/mol. The van der Waals surface area contributed by atoms with Crippen LogP contribution in [0.25, 0.3) is 5.52 Å². The van der Waals surface area contributed by atoms with Gasteiger partial charge in [0.1, 0.15) is 5.84 Å². The molecule has 0 amide bonds. The van der Waals surface area contributed by atoms with E-state index in [2.05, 4.69) is 28.3 Å². The quantitative estimate of drug-likeness (QED) is 0.527. The van der Waals surface area contributed by atoms with Gasteiger partial charge < -0.3 is 15.8 Å². The monoisotopic (exact) mass is 397 g/mol. The number of ether oxygens (including phenoxy) is 1. The Morgan fingerprint density at radius 3 is 2.86 bits per heavy atom. The van der Waals surface area contributed by atoms with Crippen molar-refractivity contribution in [2.45, 2.75) is 45.2 Å². The molecule has 8 nitrogen and oxygen atoms in total. The molecule has 2 atom stereocenters. The maximum Gasteiger partial charge on any atom is 0.126 e. The highest BCUT2D eigenvalue weighted by Crippen LogP contribution is 2.34. The largest absolute Gasteiger partial charge is 0.384 e. The lowest BCUT2D eigenvalue weighted by atomic mass is 9.85. The van der Waals surface area contributed by atoms with Gasteiger partial charge in [-0.15, -0.1) is 0 Å². The Morgan fingerprint density at radius 1 is 1.48 bits per heavy atom. The normalized spacial score (nSPS) is 23.4. The van der Waals surface area contributed by atoms with E-state index in [1.54, 1.807) is 10.7 Å². The van der Waals surface area contributed by atoms with E-state index < -0.39 is 0 Å². The molecule has 0 aromatic carbocycles. The van der Waals surface area contributed by atoms with E-state index >= 15 is 0 Å². The van der Waals surface area contributed by atoms with Gasteiger partial charge in [-0.2, -0.15) is 10.4 Å². The Kier molecular flexibility index (Phi) is 6.40. The number of nitrogen functional groups attached to an aromatic ring is 1. The summed E-state index contributed by atoms with van der Waals surface area (Å²) < 4.78 is 7.24. The molecule has 2 aromatic rings. The van der Waals surface area contributed by atoms with Crippen LogP contribution in [0.5, 0.6) is 0 Å². The first kappa shape index (κ1) is 21.1. The number of anilines is 1. The average Bonchev–Trinajstić information content (AvgIpc) is 3.17. The zero-order valence-electron chi connectivity index (χ0n) is 17.5. The second-order valence-electron chi connectivity index (χ2n) is 7.70. The van der Waals surface area contributed by atoms with E-state index in [1.165, 1.54) is 0 Å². The van der Waals surface area contributed by atoms with Gasteiger partial charge in [0.2, 0.25) is 0 Å². The molecule has 156 valence electrons. The van der Waals surface area contributed by atoms with Gasteiger partial charge in [0.15, 0.2) is 0 Å². The maximum atomic E-state index is 9.25.